The zero-order valence-corrected chi connectivity index (χ0v) is 11.5. The Hall–Kier alpha value is -1.33. The molecule has 0 radical (unpaired) electrons. The third kappa shape index (κ3) is 3.84. The third-order valence-corrected chi connectivity index (χ3v) is 3.84. The SMILES string of the molecule is CC1CCN(CCC(=O)c2cc(F)cc(F)c2)CC1O. The van der Waals surface area contributed by atoms with Crippen LogP contribution >= 0.6 is 0 Å². The van der Waals surface area contributed by atoms with Crippen molar-refractivity contribution in [2.24, 2.45) is 5.92 Å². The lowest BCUT2D eigenvalue weighted by molar-refractivity contribution is 0.0287. The molecule has 2 atom stereocenters. The van der Waals surface area contributed by atoms with Gasteiger partial charge in [-0.2, -0.15) is 0 Å². The number of benzene rings is 1. The van der Waals surface area contributed by atoms with E-state index < -0.39 is 11.6 Å². The summed E-state index contributed by atoms with van der Waals surface area (Å²) in [6.07, 6.45) is 0.721. The van der Waals surface area contributed by atoms with E-state index in [4.69, 9.17) is 0 Å². The van der Waals surface area contributed by atoms with Crippen molar-refractivity contribution in [3.8, 4) is 0 Å². The first-order chi connectivity index (χ1) is 9.45. The molecule has 1 aromatic rings. The highest BCUT2D eigenvalue weighted by Gasteiger charge is 2.24. The molecule has 0 bridgehead atoms. The molecule has 3 nitrogen and oxygen atoms in total. The van der Waals surface area contributed by atoms with Gasteiger partial charge in [-0.05, 0) is 31.0 Å². The zero-order valence-electron chi connectivity index (χ0n) is 11.5. The lowest BCUT2D eigenvalue weighted by Crippen LogP contribution is -2.43. The molecule has 1 aliphatic rings. The fourth-order valence-corrected chi connectivity index (χ4v) is 2.44. The largest absolute Gasteiger partial charge is 0.392 e. The number of rotatable bonds is 4. The number of aliphatic hydroxyl groups excluding tert-OH is 1. The number of halogens is 2. The second kappa shape index (κ2) is 6.41. The lowest BCUT2D eigenvalue weighted by Gasteiger charge is -2.34. The van der Waals surface area contributed by atoms with Crippen molar-refractivity contribution in [1.29, 1.82) is 0 Å². The normalized spacial score (nSPS) is 23.8. The molecule has 1 aliphatic heterocycles. The van der Waals surface area contributed by atoms with Crippen molar-refractivity contribution < 1.29 is 18.7 Å². The van der Waals surface area contributed by atoms with Crippen LogP contribution in [0, 0.1) is 17.6 Å². The van der Waals surface area contributed by atoms with Gasteiger partial charge in [0.2, 0.25) is 0 Å². The van der Waals surface area contributed by atoms with Crippen LogP contribution in [0.15, 0.2) is 18.2 Å². The summed E-state index contributed by atoms with van der Waals surface area (Å²) >= 11 is 0. The number of carbonyl (C=O) groups excluding carboxylic acids is 1. The maximum atomic E-state index is 13.0. The average molecular weight is 283 g/mol. The lowest BCUT2D eigenvalue weighted by atomic mass is 9.96. The van der Waals surface area contributed by atoms with Crippen LogP contribution in [0.5, 0.6) is 0 Å². The van der Waals surface area contributed by atoms with Gasteiger partial charge in [0.05, 0.1) is 6.10 Å². The number of aliphatic hydroxyl groups is 1. The molecule has 1 heterocycles. The quantitative estimate of drug-likeness (QED) is 0.862. The molecule has 1 saturated heterocycles. The summed E-state index contributed by atoms with van der Waals surface area (Å²) in [6, 6.07) is 2.86. The predicted octanol–water partition coefficient (Wildman–Crippen LogP) is 2.24. The van der Waals surface area contributed by atoms with Crippen LogP contribution in [0.3, 0.4) is 0 Å². The van der Waals surface area contributed by atoms with E-state index >= 15 is 0 Å². The molecule has 0 saturated carbocycles. The highest BCUT2D eigenvalue weighted by atomic mass is 19.1. The molecule has 0 amide bonds. The van der Waals surface area contributed by atoms with E-state index in [1.165, 1.54) is 0 Å². The van der Waals surface area contributed by atoms with Gasteiger partial charge in [0, 0.05) is 31.1 Å². The molecular formula is C15H19F2NO2. The summed E-state index contributed by atoms with van der Waals surface area (Å²) in [5.41, 5.74) is 0.0634. The standard InChI is InChI=1S/C15H19F2NO2/c1-10-2-4-18(9-15(10)20)5-3-14(19)11-6-12(16)8-13(17)7-11/h6-8,10,15,20H,2-5,9H2,1H3. The van der Waals surface area contributed by atoms with Crippen LogP contribution in [0.25, 0.3) is 0 Å². The molecule has 2 rings (SSSR count). The van der Waals surface area contributed by atoms with Crippen molar-refractivity contribution >= 4 is 5.78 Å². The number of ketones is 1. The molecule has 1 N–H and O–H groups in total. The highest BCUT2D eigenvalue weighted by Crippen LogP contribution is 2.17. The van der Waals surface area contributed by atoms with E-state index in [0.29, 0.717) is 13.1 Å². The number of hydrogen-bond acceptors (Lipinski definition) is 3. The first-order valence-corrected chi connectivity index (χ1v) is 6.85. The Kier molecular flexibility index (Phi) is 4.83. The van der Waals surface area contributed by atoms with Crippen LogP contribution in [0.4, 0.5) is 8.78 Å². The van der Waals surface area contributed by atoms with Crippen LogP contribution in [-0.4, -0.2) is 41.5 Å². The Labute approximate surface area is 117 Å². The van der Waals surface area contributed by atoms with Gasteiger partial charge in [-0.15, -0.1) is 0 Å². The molecule has 0 spiro atoms. The molecule has 1 aromatic carbocycles. The second-order valence-electron chi connectivity index (χ2n) is 5.47. The smallest absolute Gasteiger partial charge is 0.164 e. The minimum Gasteiger partial charge on any atom is -0.392 e. The Morgan fingerprint density at radius 2 is 2.00 bits per heavy atom. The van der Waals surface area contributed by atoms with Crippen molar-refractivity contribution in [3.05, 3.63) is 35.4 Å². The average Bonchev–Trinajstić information content (AvgIpc) is 2.38. The number of hydrogen-bond donors (Lipinski definition) is 1. The number of Topliss-reactive ketones (excluding diaryl/α,β-unsaturated/α-hetero) is 1. The Bertz CT molecular complexity index is 473. The first kappa shape index (κ1) is 15.1. The third-order valence-electron chi connectivity index (χ3n) is 3.84. The topological polar surface area (TPSA) is 40.5 Å². The predicted molar refractivity (Wildman–Crippen MR) is 71.5 cm³/mol. The van der Waals surface area contributed by atoms with E-state index in [2.05, 4.69) is 0 Å². The number of likely N-dealkylation sites (tertiary alicyclic amines) is 1. The second-order valence-corrected chi connectivity index (χ2v) is 5.47. The summed E-state index contributed by atoms with van der Waals surface area (Å²) in [5.74, 6) is -1.48. The van der Waals surface area contributed by atoms with E-state index in [1.807, 2.05) is 11.8 Å². The van der Waals surface area contributed by atoms with E-state index in [1.54, 1.807) is 0 Å². The summed E-state index contributed by atoms with van der Waals surface area (Å²) in [6.45, 7) is 3.89. The van der Waals surface area contributed by atoms with Gasteiger partial charge >= 0.3 is 0 Å². The van der Waals surface area contributed by atoms with Gasteiger partial charge in [0.1, 0.15) is 11.6 Å². The van der Waals surface area contributed by atoms with E-state index in [9.17, 15) is 18.7 Å². The van der Waals surface area contributed by atoms with Crippen LogP contribution in [0.1, 0.15) is 30.1 Å². The molecule has 1 fully saturated rings. The molecule has 0 aromatic heterocycles. The number of β-amino-alcohol motifs (C(OH)–C–C–N with tert-alkyl or cyclic N) is 1. The van der Waals surface area contributed by atoms with Gasteiger partial charge < -0.3 is 10.0 Å². The Morgan fingerprint density at radius 3 is 2.60 bits per heavy atom. The molecule has 2 unspecified atom stereocenters. The van der Waals surface area contributed by atoms with Crippen molar-refractivity contribution in [1.82, 2.24) is 4.90 Å². The van der Waals surface area contributed by atoms with Crippen LogP contribution < -0.4 is 0 Å². The number of nitrogens with zero attached hydrogens (tertiary/aromatic N) is 1. The first-order valence-electron chi connectivity index (χ1n) is 6.85. The van der Waals surface area contributed by atoms with Crippen molar-refractivity contribution in [2.75, 3.05) is 19.6 Å². The summed E-state index contributed by atoms with van der Waals surface area (Å²) in [7, 11) is 0. The van der Waals surface area contributed by atoms with Crippen molar-refractivity contribution in [2.45, 2.75) is 25.9 Å². The fourth-order valence-electron chi connectivity index (χ4n) is 2.44. The number of carbonyl (C=O) groups is 1. The Morgan fingerprint density at radius 1 is 1.35 bits per heavy atom. The van der Waals surface area contributed by atoms with Gasteiger partial charge in [-0.3, -0.25) is 4.79 Å². The summed E-state index contributed by atoms with van der Waals surface area (Å²) < 4.78 is 26.1. The van der Waals surface area contributed by atoms with Gasteiger partial charge in [0.25, 0.3) is 0 Å². The van der Waals surface area contributed by atoms with Crippen LogP contribution in [0.2, 0.25) is 0 Å². The maximum Gasteiger partial charge on any atom is 0.164 e. The molecule has 20 heavy (non-hydrogen) atoms. The monoisotopic (exact) mass is 283 g/mol. The van der Waals surface area contributed by atoms with Crippen molar-refractivity contribution in [3.63, 3.8) is 0 Å². The highest BCUT2D eigenvalue weighted by molar-refractivity contribution is 5.96. The minimum absolute atomic E-state index is 0.0634. The zero-order chi connectivity index (χ0) is 14.7. The number of piperidine rings is 1. The molecule has 0 aliphatic carbocycles. The molecule has 5 heteroatoms. The van der Waals surface area contributed by atoms with Gasteiger partial charge in [-0.1, -0.05) is 6.92 Å². The van der Waals surface area contributed by atoms with Crippen LogP contribution in [-0.2, 0) is 0 Å². The minimum atomic E-state index is -0.740. The summed E-state index contributed by atoms with van der Waals surface area (Å²) in [4.78, 5) is 13.9. The van der Waals surface area contributed by atoms with E-state index in [-0.39, 0.29) is 29.8 Å². The maximum absolute atomic E-state index is 13.0. The Balaban J connectivity index is 1.89. The molecule has 110 valence electrons. The molecular weight excluding hydrogens is 264 g/mol. The van der Waals surface area contributed by atoms with E-state index in [0.717, 1.165) is 31.2 Å². The van der Waals surface area contributed by atoms with Gasteiger partial charge in [0.15, 0.2) is 5.78 Å². The van der Waals surface area contributed by atoms with Gasteiger partial charge in [-0.25, -0.2) is 8.78 Å². The summed E-state index contributed by atoms with van der Waals surface area (Å²) in [5, 5.41) is 9.78. The fraction of sp³-hybridized carbons (Fsp3) is 0.533.